The zero-order valence-electron chi connectivity index (χ0n) is 11.8. The molecule has 0 aliphatic carbocycles. The summed E-state index contributed by atoms with van der Waals surface area (Å²) in [7, 11) is -3.94. The van der Waals surface area contributed by atoms with Gasteiger partial charge >= 0.3 is 0 Å². The van der Waals surface area contributed by atoms with Crippen molar-refractivity contribution in [3.63, 3.8) is 0 Å². The van der Waals surface area contributed by atoms with Crippen molar-refractivity contribution >= 4 is 33.0 Å². The molecule has 0 radical (unpaired) electrons. The van der Waals surface area contributed by atoms with Crippen LogP contribution in [0.5, 0.6) is 0 Å². The molecule has 116 valence electrons. The van der Waals surface area contributed by atoms with E-state index in [1.165, 1.54) is 18.2 Å². The standard InChI is InChI=1S/C14H13ClN2O4S/c1-9-3-5-11(15)7-13(9)16-22(20,21)12-6-4-10(2)14(8-12)17(18)19/h3-8,16H,1-2H3. The molecule has 0 spiro atoms. The van der Waals surface area contributed by atoms with Crippen molar-refractivity contribution in [2.75, 3.05) is 4.72 Å². The number of halogens is 1. The van der Waals surface area contributed by atoms with Gasteiger partial charge < -0.3 is 0 Å². The number of benzene rings is 2. The first kappa shape index (κ1) is 16.3. The molecule has 0 saturated heterocycles. The van der Waals surface area contributed by atoms with Crippen molar-refractivity contribution in [2.45, 2.75) is 18.7 Å². The van der Waals surface area contributed by atoms with Crippen LogP contribution >= 0.6 is 11.6 Å². The number of anilines is 1. The van der Waals surface area contributed by atoms with Crippen molar-refractivity contribution in [2.24, 2.45) is 0 Å². The van der Waals surface area contributed by atoms with Crippen LogP contribution in [0.3, 0.4) is 0 Å². The fourth-order valence-electron chi connectivity index (χ4n) is 1.86. The van der Waals surface area contributed by atoms with Crippen LogP contribution in [-0.4, -0.2) is 13.3 Å². The molecule has 2 aromatic carbocycles. The third-order valence-electron chi connectivity index (χ3n) is 3.13. The Morgan fingerprint density at radius 2 is 1.73 bits per heavy atom. The third-order valence-corrected chi connectivity index (χ3v) is 4.73. The molecule has 1 N–H and O–H groups in total. The normalized spacial score (nSPS) is 11.2. The first-order valence-electron chi connectivity index (χ1n) is 6.25. The Hall–Kier alpha value is -2.12. The van der Waals surface area contributed by atoms with Crippen LogP contribution in [0, 0.1) is 24.0 Å². The lowest BCUT2D eigenvalue weighted by Gasteiger charge is -2.11. The van der Waals surface area contributed by atoms with Gasteiger partial charge in [-0.05, 0) is 37.6 Å². The number of rotatable bonds is 4. The molecule has 2 rings (SSSR count). The number of nitrogens with zero attached hydrogens (tertiary/aromatic N) is 1. The molecular weight excluding hydrogens is 328 g/mol. The van der Waals surface area contributed by atoms with E-state index < -0.39 is 14.9 Å². The zero-order valence-corrected chi connectivity index (χ0v) is 13.4. The monoisotopic (exact) mass is 340 g/mol. The molecular formula is C14H13ClN2O4S. The highest BCUT2D eigenvalue weighted by Crippen LogP contribution is 2.26. The molecule has 8 heteroatoms. The van der Waals surface area contributed by atoms with Gasteiger partial charge in [-0.1, -0.05) is 23.7 Å². The number of sulfonamides is 1. The van der Waals surface area contributed by atoms with E-state index in [0.29, 0.717) is 21.8 Å². The average molecular weight is 341 g/mol. The molecule has 0 saturated carbocycles. The van der Waals surface area contributed by atoms with Crippen LogP contribution in [0.1, 0.15) is 11.1 Å². The van der Waals surface area contributed by atoms with Gasteiger partial charge in [0.2, 0.25) is 0 Å². The van der Waals surface area contributed by atoms with Gasteiger partial charge in [0.1, 0.15) is 0 Å². The minimum Gasteiger partial charge on any atom is -0.279 e. The first-order valence-corrected chi connectivity index (χ1v) is 8.11. The third kappa shape index (κ3) is 3.37. The molecule has 0 aliphatic rings. The van der Waals surface area contributed by atoms with E-state index in [1.54, 1.807) is 26.0 Å². The van der Waals surface area contributed by atoms with Gasteiger partial charge in [0.05, 0.1) is 15.5 Å². The molecule has 2 aromatic rings. The molecule has 0 aromatic heterocycles. The van der Waals surface area contributed by atoms with E-state index in [1.807, 2.05) is 0 Å². The molecule has 6 nitrogen and oxygen atoms in total. The maximum Gasteiger partial charge on any atom is 0.273 e. The summed E-state index contributed by atoms with van der Waals surface area (Å²) in [5.74, 6) is 0. The van der Waals surface area contributed by atoms with Gasteiger partial charge in [-0.2, -0.15) is 0 Å². The van der Waals surface area contributed by atoms with Crippen molar-refractivity contribution < 1.29 is 13.3 Å². The van der Waals surface area contributed by atoms with Gasteiger partial charge in [-0.15, -0.1) is 0 Å². The summed E-state index contributed by atoms with van der Waals surface area (Å²) in [6.07, 6.45) is 0. The van der Waals surface area contributed by atoms with E-state index in [4.69, 9.17) is 11.6 Å². The van der Waals surface area contributed by atoms with Crippen molar-refractivity contribution in [3.05, 3.63) is 62.7 Å². The number of nitro groups is 1. The lowest BCUT2D eigenvalue weighted by Crippen LogP contribution is -2.14. The number of hydrogen-bond acceptors (Lipinski definition) is 4. The minimum absolute atomic E-state index is 0.177. The van der Waals surface area contributed by atoms with Crippen molar-refractivity contribution in [1.82, 2.24) is 0 Å². The van der Waals surface area contributed by atoms with E-state index in [2.05, 4.69) is 4.72 Å². The topological polar surface area (TPSA) is 89.3 Å². The largest absolute Gasteiger partial charge is 0.279 e. The lowest BCUT2D eigenvalue weighted by molar-refractivity contribution is -0.385. The zero-order chi connectivity index (χ0) is 16.5. The summed E-state index contributed by atoms with van der Waals surface area (Å²) in [6.45, 7) is 3.27. The fraction of sp³-hybridized carbons (Fsp3) is 0.143. The Kier molecular flexibility index (Phi) is 4.39. The van der Waals surface area contributed by atoms with E-state index in [-0.39, 0.29) is 10.6 Å². The smallest absolute Gasteiger partial charge is 0.273 e. The van der Waals surface area contributed by atoms with Crippen LogP contribution in [-0.2, 0) is 10.0 Å². The summed E-state index contributed by atoms with van der Waals surface area (Å²) < 4.78 is 27.1. The van der Waals surface area contributed by atoms with Crippen LogP contribution in [0.15, 0.2) is 41.3 Å². The first-order chi connectivity index (χ1) is 10.2. The molecule has 0 amide bonds. The Morgan fingerprint density at radius 1 is 1.09 bits per heavy atom. The summed E-state index contributed by atoms with van der Waals surface area (Å²) in [4.78, 5) is 10.1. The van der Waals surface area contributed by atoms with Gasteiger partial charge in [0, 0.05) is 16.7 Å². The molecule has 0 fully saturated rings. The quantitative estimate of drug-likeness (QED) is 0.679. The van der Waals surface area contributed by atoms with Crippen molar-refractivity contribution in [1.29, 1.82) is 0 Å². The number of hydrogen-bond donors (Lipinski definition) is 1. The summed E-state index contributed by atoms with van der Waals surface area (Å²) in [5.41, 5.74) is 1.17. The maximum absolute atomic E-state index is 12.4. The summed E-state index contributed by atoms with van der Waals surface area (Å²) >= 11 is 5.86. The minimum atomic E-state index is -3.94. The van der Waals surface area contributed by atoms with Crippen molar-refractivity contribution in [3.8, 4) is 0 Å². The molecule has 0 atom stereocenters. The molecule has 0 bridgehead atoms. The van der Waals surface area contributed by atoms with Gasteiger partial charge in [-0.25, -0.2) is 8.42 Å². The van der Waals surface area contributed by atoms with E-state index >= 15 is 0 Å². The Morgan fingerprint density at radius 3 is 2.36 bits per heavy atom. The molecule has 0 aliphatic heterocycles. The Bertz CT molecular complexity index is 850. The molecule has 0 heterocycles. The number of nitrogens with one attached hydrogen (secondary N) is 1. The SMILES string of the molecule is Cc1ccc(Cl)cc1NS(=O)(=O)c1ccc(C)c([N+](=O)[O-])c1. The van der Waals surface area contributed by atoms with Crippen LogP contribution in [0.2, 0.25) is 5.02 Å². The van der Waals surface area contributed by atoms with Crippen LogP contribution in [0.4, 0.5) is 11.4 Å². The highest BCUT2D eigenvalue weighted by molar-refractivity contribution is 7.92. The highest BCUT2D eigenvalue weighted by atomic mass is 35.5. The highest BCUT2D eigenvalue weighted by Gasteiger charge is 2.20. The maximum atomic E-state index is 12.4. The van der Waals surface area contributed by atoms with Crippen LogP contribution < -0.4 is 4.72 Å². The fourth-order valence-corrected chi connectivity index (χ4v) is 3.17. The van der Waals surface area contributed by atoms with Crippen LogP contribution in [0.25, 0.3) is 0 Å². The predicted octanol–water partition coefficient (Wildman–Crippen LogP) is 3.67. The van der Waals surface area contributed by atoms with E-state index in [0.717, 1.165) is 6.07 Å². The molecule has 22 heavy (non-hydrogen) atoms. The molecule has 0 unspecified atom stereocenters. The average Bonchev–Trinajstić information content (AvgIpc) is 2.42. The van der Waals surface area contributed by atoms with Gasteiger partial charge in [0.25, 0.3) is 15.7 Å². The second kappa shape index (κ2) is 5.94. The number of aryl methyl sites for hydroxylation is 2. The summed E-state index contributed by atoms with van der Waals surface area (Å²) in [6, 6.07) is 8.57. The second-order valence-corrected chi connectivity index (χ2v) is 6.89. The van der Waals surface area contributed by atoms with Gasteiger partial charge in [-0.3, -0.25) is 14.8 Å². The summed E-state index contributed by atoms with van der Waals surface area (Å²) in [5, 5.41) is 11.3. The Labute approximate surface area is 132 Å². The van der Waals surface area contributed by atoms with E-state index in [9.17, 15) is 18.5 Å². The predicted molar refractivity (Wildman–Crippen MR) is 84.8 cm³/mol. The van der Waals surface area contributed by atoms with Gasteiger partial charge in [0.15, 0.2) is 0 Å². The lowest BCUT2D eigenvalue weighted by atomic mass is 10.2. The Balaban J connectivity index is 2.45. The second-order valence-electron chi connectivity index (χ2n) is 4.77. The number of nitro benzene ring substituents is 1.